The van der Waals surface area contributed by atoms with E-state index in [2.05, 4.69) is 30.9 Å². The zero-order valence-electron chi connectivity index (χ0n) is 16.8. The molecule has 9 nitrogen and oxygen atoms in total. The van der Waals surface area contributed by atoms with Crippen LogP contribution in [0.25, 0.3) is 0 Å². The minimum absolute atomic E-state index is 0.0751. The van der Waals surface area contributed by atoms with Gasteiger partial charge >= 0.3 is 6.61 Å². The van der Waals surface area contributed by atoms with Crippen LogP contribution in [0.2, 0.25) is 5.02 Å². The van der Waals surface area contributed by atoms with E-state index in [-0.39, 0.29) is 11.5 Å². The van der Waals surface area contributed by atoms with Gasteiger partial charge in [0, 0.05) is 16.4 Å². The van der Waals surface area contributed by atoms with Crippen LogP contribution in [0.1, 0.15) is 18.5 Å². The number of nitrogens with one attached hydrogen (secondary N) is 2. The van der Waals surface area contributed by atoms with Gasteiger partial charge in [0.25, 0.3) is 5.91 Å². The molecule has 0 bridgehead atoms. The lowest BCUT2D eigenvalue weighted by molar-refractivity contribution is -0.113. The van der Waals surface area contributed by atoms with Crippen molar-refractivity contribution in [1.29, 1.82) is 0 Å². The van der Waals surface area contributed by atoms with Crippen molar-refractivity contribution in [3.63, 3.8) is 0 Å². The number of carbonyl (C=O) groups excluding carboxylic acids is 1. The summed E-state index contributed by atoms with van der Waals surface area (Å²) in [7, 11) is 1.33. The second kappa shape index (κ2) is 8.79. The summed E-state index contributed by atoms with van der Waals surface area (Å²) in [6.07, 6.45) is 0. The molecule has 0 fully saturated rings. The summed E-state index contributed by atoms with van der Waals surface area (Å²) in [6.45, 7) is -1.30. The van der Waals surface area contributed by atoms with Crippen molar-refractivity contribution in [3.8, 4) is 11.5 Å². The first-order valence-electron chi connectivity index (χ1n) is 9.32. The summed E-state index contributed by atoms with van der Waals surface area (Å²) >= 11 is 5.91. The van der Waals surface area contributed by atoms with Gasteiger partial charge in [-0.05, 0) is 59.3 Å². The van der Waals surface area contributed by atoms with Crippen molar-refractivity contribution in [1.82, 2.24) is 20.2 Å². The fourth-order valence-corrected chi connectivity index (χ4v) is 3.52. The average Bonchev–Trinajstić information content (AvgIpc) is 3.22. The van der Waals surface area contributed by atoms with E-state index in [1.807, 2.05) is 0 Å². The summed E-state index contributed by atoms with van der Waals surface area (Å²) in [6, 6.07) is 10.3. The smallest absolute Gasteiger partial charge is 0.387 e. The number of rotatable bonds is 6. The van der Waals surface area contributed by atoms with Gasteiger partial charge in [-0.3, -0.25) is 4.79 Å². The molecule has 1 amide bonds. The van der Waals surface area contributed by atoms with Gasteiger partial charge in [-0.15, -0.1) is 0 Å². The number of aromatic nitrogens is 4. The topological polar surface area (TPSA) is 103 Å². The normalized spacial score (nSPS) is 15.2. The van der Waals surface area contributed by atoms with Gasteiger partial charge in [-0.1, -0.05) is 22.8 Å². The van der Waals surface area contributed by atoms with Gasteiger partial charge in [0.05, 0.1) is 12.7 Å². The Morgan fingerprint density at radius 2 is 1.97 bits per heavy atom. The standard InChI is InChI=1S/C20H17ClF2N6O3/c1-10-16(18(30)25-13-6-4-12(21)5-7-13)17(29-20(24-10)26-27-28-29)11-3-8-14(32-19(22)23)15(9-11)31-2/h3-9,17,19H,1-2H3,(H,25,30)(H,24,26,28)/t17-/m0/s1. The molecule has 32 heavy (non-hydrogen) atoms. The number of benzene rings is 2. The predicted molar refractivity (Wildman–Crippen MR) is 112 cm³/mol. The molecule has 12 heteroatoms. The van der Waals surface area contributed by atoms with Crippen LogP contribution in [0, 0.1) is 0 Å². The predicted octanol–water partition coefficient (Wildman–Crippen LogP) is 3.86. The maximum atomic E-state index is 13.3. The molecule has 1 aliphatic rings. The number of hydrogen-bond donors (Lipinski definition) is 2. The minimum Gasteiger partial charge on any atom is -0.493 e. The van der Waals surface area contributed by atoms with E-state index in [1.54, 1.807) is 37.3 Å². The molecule has 2 N–H and O–H groups in total. The Labute approximate surface area is 186 Å². The summed E-state index contributed by atoms with van der Waals surface area (Å²) in [5, 5.41) is 18.0. The number of ether oxygens (including phenoxy) is 2. The lowest BCUT2D eigenvalue weighted by Crippen LogP contribution is -2.31. The molecule has 0 spiro atoms. The second-order valence-electron chi connectivity index (χ2n) is 6.76. The van der Waals surface area contributed by atoms with Crippen molar-refractivity contribution in [2.75, 3.05) is 17.7 Å². The fraction of sp³-hybridized carbons (Fsp3) is 0.200. The van der Waals surface area contributed by atoms with Gasteiger partial charge < -0.3 is 20.1 Å². The summed E-state index contributed by atoms with van der Waals surface area (Å²) in [5.74, 6) is -0.145. The number of tetrazole rings is 1. The van der Waals surface area contributed by atoms with Crippen LogP contribution in [0.4, 0.5) is 20.4 Å². The van der Waals surface area contributed by atoms with Crippen LogP contribution in [-0.2, 0) is 4.79 Å². The number of methoxy groups -OCH3 is 1. The van der Waals surface area contributed by atoms with Gasteiger partial charge in [0.1, 0.15) is 6.04 Å². The Kier molecular flexibility index (Phi) is 5.91. The van der Waals surface area contributed by atoms with Gasteiger partial charge in [-0.2, -0.15) is 13.5 Å². The number of hydrogen-bond acceptors (Lipinski definition) is 7. The largest absolute Gasteiger partial charge is 0.493 e. The van der Waals surface area contributed by atoms with Gasteiger partial charge in [0.2, 0.25) is 5.95 Å². The van der Waals surface area contributed by atoms with E-state index in [0.717, 1.165) is 0 Å². The Hall–Kier alpha value is -3.73. The monoisotopic (exact) mass is 462 g/mol. The van der Waals surface area contributed by atoms with Crippen molar-refractivity contribution >= 4 is 29.1 Å². The average molecular weight is 463 g/mol. The summed E-state index contributed by atoms with van der Waals surface area (Å²) < 4.78 is 36.6. The highest BCUT2D eigenvalue weighted by atomic mass is 35.5. The van der Waals surface area contributed by atoms with Gasteiger partial charge in [0.15, 0.2) is 11.5 Å². The molecule has 2 heterocycles. The maximum absolute atomic E-state index is 13.3. The van der Waals surface area contributed by atoms with Crippen molar-refractivity contribution in [2.24, 2.45) is 0 Å². The van der Waals surface area contributed by atoms with Crippen molar-refractivity contribution in [2.45, 2.75) is 19.6 Å². The van der Waals surface area contributed by atoms with E-state index >= 15 is 0 Å². The second-order valence-corrected chi connectivity index (χ2v) is 7.20. The van der Waals surface area contributed by atoms with E-state index < -0.39 is 18.6 Å². The fourth-order valence-electron chi connectivity index (χ4n) is 3.39. The molecule has 166 valence electrons. The number of alkyl halides is 2. The van der Waals surface area contributed by atoms with Crippen molar-refractivity contribution in [3.05, 3.63) is 64.3 Å². The zero-order chi connectivity index (χ0) is 22.8. The number of anilines is 2. The molecule has 0 radical (unpaired) electrons. The number of halogens is 3. The number of nitrogens with zero attached hydrogens (tertiary/aromatic N) is 4. The van der Waals surface area contributed by atoms with E-state index in [4.69, 9.17) is 16.3 Å². The Bertz CT molecular complexity index is 1180. The summed E-state index contributed by atoms with van der Waals surface area (Å²) in [4.78, 5) is 13.3. The molecule has 0 saturated heterocycles. The number of amides is 1. The molecule has 1 aromatic heterocycles. The van der Waals surface area contributed by atoms with Crippen LogP contribution in [0.3, 0.4) is 0 Å². The van der Waals surface area contributed by atoms with Gasteiger partial charge in [-0.25, -0.2) is 0 Å². The molecular weight excluding hydrogens is 446 g/mol. The Balaban J connectivity index is 1.75. The first kappa shape index (κ1) is 21.5. The number of fused-ring (bicyclic) bond motifs is 1. The first-order valence-corrected chi connectivity index (χ1v) is 9.70. The lowest BCUT2D eigenvalue weighted by Gasteiger charge is -2.28. The van der Waals surface area contributed by atoms with Crippen LogP contribution in [-0.4, -0.2) is 39.8 Å². The number of carbonyl (C=O) groups is 1. The third kappa shape index (κ3) is 4.19. The molecule has 0 saturated carbocycles. The lowest BCUT2D eigenvalue weighted by atomic mass is 9.94. The summed E-state index contributed by atoms with van der Waals surface area (Å²) in [5.41, 5.74) is 1.92. The molecule has 0 aliphatic carbocycles. The highest BCUT2D eigenvalue weighted by molar-refractivity contribution is 6.30. The first-order chi connectivity index (χ1) is 15.4. The highest BCUT2D eigenvalue weighted by Crippen LogP contribution is 2.39. The minimum atomic E-state index is -3.01. The highest BCUT2D eigenvalue weighted by Gasteiger charge is 2.34. The molecule has 3 aromatic rings. The van der Waals surface area contributed by atoms with Crippen LogP contribution in [0.5, 0.6) is 11.5 Å². The Morgan fingerprint density at radius 1 is 1.22 bits per heavy atom. The third-order valence-corrected chi connectivity index (χ3v) is 5.03. The quantitative estimate of drug-likeness (QED) is 0.573. The molecule has 0 unspecified atom stereocenters. The molecule has 1 aliphatic heterocycles. The molecule has 4 rings (SSSR count). The molecule has 2 aromatic carbocycles. The molecule has 1 atom stereocenters. The third-order valence-electron chi connectivity index (χ3n) is 4.78. The maximum Gasteiger partial charge on any atom is 0.387 e. The van der Waals surface area contributed by atoms with E-state index in [1.165, 1.54) is 23.9 Å². The van der Waals surface area contributed by atoms with Crippen LogP contribution < -0.4 is 20.1 Å². The van der Waals surface area contributed by atoms with Crippen molar-refractivity contribution < 1.29 is 23.0 Å². The Morgan fingerprint density at radius 3 is 2.66 bits per heavy atom. The van der Waals surface area contributed by atoms with E-state index in [9.17, 15) is 13.6 Å². The van der Waals surface area contributed by atoms with Crippen LogP contribution >= 0.6 is 11.6 Å². The SMILES string of the molecule is COc1cc([C@H]2C(C(=O)Nc3ccc(Cl)cc3)=C(C)Nc3nnnn32)ccc1OC(F)F. The van der Waals surface area contributed by atoms with Crippen LogP contribution in [0.15, 0.2) is 53.7 Å². The van der Waals surface area contributed by atoms with E-state index in [0.29, 0.717) is 33.5 Å². The zero-order valence-corrected chi connectivity index (χ0v) is 17.6. The molecular formula is C20H17ClF2N6O3. The number of allylic oxidation sites excluding steroid dienone is 1.